The van der Waals surface area contributed by atoms with Gasteiger partial charge >= 0.3 is 0 Å². The zero-order valence-corrected chi connectivity index (χ0v) is 16.8. The zero-order valence-electron chi connectivity index (χ0n) is 16.8. The van der Waals surface area contributed by atoms with E-state index in [9.17, 15) is 9.59 Å². The minimum atomic E-state index is -0.350. The Balaban J connectivity index is 1.53. The minimum absolute atomic E-state index is 0.175. The molecule has 156 valence electrons. The highest BCUT2D eigenvalue weighted by atomic mass is 16.5. The third kappa shape index (κ3) is 5.60. The molecule has 0 atom stereocenters. The summed E-state index contributed by atoms with van der Waals surface area (Å²) in [7, 11) is 3.19. The number of amides is 1. The highest BCUT2D eigenvalue weighted by Crippen LogP contribution is 2.19. The first-order chi connectivity index (χ1) is 14.6. The first-order valence-corrected chi connectivity index (χ1v) is 9.35. The maximum absolute atomic E-state index is 12.2. The van der Waals surface area contributed by atoms with Gasteiger partial charge in [-0.15, -0.1) is 0 Å². The fraction of sp³-hybridized carbons (Fsp3) is 0.227. The molecular weight excluding hydrogens is 386 g/mol. The van der Waals surface area contributed by atoms with Crippen molar-refractivity contribution in [1.29, 1.82) is 0 Å². The van der Waals surface area contributed by atoms with Crippen LogP contribution < -0.4 is 25.1 Å². The number of methoxy groups -OCH3 is 2. The number of nitrogens with zero attached hydrogens (tertiary/aromatic N) is 2. The van der Waals surface area contributed by atoms with Gasteiger partial charge in [0.25, 0.3) is 5.56 Å². The van der Waals surface area contributed by atoms with Crippen LogP contribution in [-0.2, 0) is 11.3 Å². The number of ether oxygens (including phenoxy) is 3. The molecule has 0 fully saturated rings. The van der Waals surface area contributed by atoms with Gasteiger partial charge in [-0.05, 0) is 54.6 Å². The molecule has 0 spiro atoms. The Hall–Kier alpha value is -3.81. The Bertz CT molecular complexity index is 1030. The molecule has 2 aromatic carbocycles. The van der Waals surface area contributed by atoms with Crippen molar-refractivity contribution in [3.63, 3.8) is 0 Å². The number of carbonyl (C=O) groups excluding carboxylic acids is 1. The van der Waals surface area contributed by atoms with Gasteiger partial charge < -0.3 is 19.5 Å². The minimum Gasteiger partial charge on any atom is -0.497 e. The van der Waals surface area contributed by atoms with Gasteiger partial charge in [-0.2, -0.15) is 5.10 Å². The molecular formula is C22H23N3O5. The smallest absolute Gasteiger partial charge is 0.267 e. The van der Waals surface area contributed by atoms with Crippen LogP contribution in [0, 0.1) is 0 Å². The average Bonchev–Trinajstić information content (AvgIpc) is 2.78. The Morgan fingerprint density at radius 2 is 1.50 bits per heavy atom. The van der Waals surface area contributed by atoms with E-state index in [1.54, 1.807) is 44.6 Å². The normalized spacial score (nSPS) is 10.3. The lowest BCUT2D eigenvalue weighted by molar-refractivity contribution is -0.122. The predicted molar refractivity (Wildman–Crippen MR) is 112 cm³/mol. The molecule has 30 heavy (non-hydrogen) atoms. The lowest BCUT2D eigenvalue weighted by atomic mass is 10.1. The van der Waals surface area contributed by atoms with Crippen molar-refractivity contribution in [1.82, 2.24) is 15.1 Å². The Kier molecular flexibility index (Phi) is 7.05. The molecule has 0 unspecified atom stereocenters. The van der Waals surface area contributed by atoms with Gasteiger partial charge in [0.1, 0.15) is 30.4 Å². The Morgan fingerprint density at radius 1 is 0.900 bits per heavy atom. The summed E-state index contributed by atoms with van der Waals surface area (Å²) in [5, 5.41) is 7.01. The van der Waals surface area contributed by atoms with Gasteiger partial charge in [0.15, 0.2) is 0 Å². The zero-order chi connectivity index (χ0) is 21.3. The second-order valence-electron chi connectivity index (χ2n) is 6.32. The van der Waals surface area contributed by atoms with E-state index in [-0.39, 0.29) is 18.0 Å². The monoisotopic (exact) mass is 409 g/mol. The number of nitrogens with one attached hydrogen (secondary N) is 1. The summed E-state index contributed by atoms with van der Waals surface area (Å²) >= 11 is 0. The lowest BCUT2D eigenvalue weighted by Crippen LogP contribution is -2.35. The molecule has 1 N–H and O–H groups in total. The number of aromatic nitrogens is 2. The SMILES string of the molecule is COc1ccc(OCCNC(=O)Cn2nc(-c3ccc(OC)cc3)ccc2=O)cc1. The van der Waals surface area contributed by atoms with Crippen LogP contribution in [0.5, 0.6) is 17.2 Å². The largest absolute Gasteiger partial charge is 0.497 e. The summed E-state index contributed by atoms with van der Waals surface area (Å²) in [4.78, 5) is 24.3. The summed E-state index contributed by atoms with van der Waals surface area (Å²) in [6.07, 6.45) is 0. The van der Waals surface area contributed by atoms with Crippen LogP contribution in [0.1, 0.15) is 0 Å². The predicted octanol–water partition coefficient (Wildman–Crippen LogP) is 2.12. The van der Waals surface area contributed by atoms with E-state index in [0.717, 1.165) is 21.7 Å². The first-order valence-electron chi connectivity index (χ1n) is 9.35. The maximum atomic E-state index is 12.2. The van der Waals surface area contributed by atoms with Crippen molar-refractivity contribution in [3.8, 4) is 28.5 Å². The summed E-state index contributed by atoms with van der Waals surface area (Å²) < 4.78 is 16.9. The third-order valence-corrected chi connectivity index (χ3v) is 4.30. The van der Waals surface area contributed by atoms with Crippen LogP contribution in [0.3, 0.4) is 0 Å². The van der Waals surface area contributed by atoms with E-state index >= 15 is 0 Å². The van der Waals surface area contributed by atoms with E-state index in [2.05, 4.69) is 10.4 Å². The van der Waals surface area contributed by atoms with Gasteiger partial charge in [0.2, 0.25) is 5.91 Å². The molecule has 0 saturated carbocycles. The molecule has 0 bridgehead atoms. The Morgan fingerprint density at radius 3 is 2.13 bits per heavy atom. The maximum Gasteiger partial charge on any atom is 0.267 e. The van der Waals surface area contributed by atoms with Crippen LogP contribution in [0.2, 0.25) is 0 Å². The average molecular weight is 409 g/mol. The molecule has 0 aliphatic rings. The van der Waals surface area contributed by atoms with Gasteiger partial charge in [0, 0.05) is 11.6 Å². The van der Waals surface area contributed by atoms with Crippen molar-refractivity contribution < 1.29 is 19.0 Å². The van der Waals surface area contributed by atoms with Crippen molar-refractivity contribution in [2.75, 3.05) is 27.4 Å². The van der Waals surface area contributed by atoms with Crippen LogP contribution in [0.15, 0.2) is 65.5 Å². The number of hydrogen-bond donors (Lipinski definition) is 1. The molecule has 0 aliphatic carbocycles. The molecule has 3 aromatic rings. The summed E-state index contributed by atoms with van der Waals surface area (Å²) in [6, 6.07) is 17.5. The molecule has 0 radical (unpaired) electrons. The number of hydrogen-bond acceptors (Lipinski definition) is 6. The molecule has 1 amide bonds. The molecule has 1 aromatic heterocycles. The summed E-state index contributed by atoms with van der Waals surface area (Å²) in [5.74, 6) is 1.82. The molecule has 8 nitrogen and oxygen atoms in total. The van der Waals surface area contributed by atoms with Gasteiger partial charge in [0.05, 0.1) is 26.5 Å². The molecule has 0 aliphatic heterocycles. The van der Waals surface area contributed by atoms with E-state index in [1.165, 1.54) is 6.07 Å². The first kappa shape index (κ1) is 20.9. The van der Waals surface area contributed by atoms with Crippen LogP contribution in [0.25, 0.3) is 11.3 Å². The molecule has 8 heteroatoms. The standard InChI is InChI=1S/C22H23N3O5/c1-28-17-5-3-16(4-6-17)20-11-12-22(27)25(24-20)15-21(26)23-13-14-30-19-9-7-18(29-2)8-10-19/h3-12H,13-15H2,1-2H3,(H,23,26). The van der Waals surface area contributed by atoms with E-state index < -0.39 is 0 Å². The lowest BCUT2D eigenvalue weighted by Gasteiger charge is -2.10. The van der Waals surface area contributed by atoms with Gasteiger partial charge in [-0.1, -0.05) is 0 Å². The van der Waals surface area contributed by atoms with Gasteiger partial charge in [-0.25, -0.2) is 4.68 Å². The fourth-order valence-electron chi connectivity index (χ4n) is 2.70. The third-order valence-electron chi connectivity index (χ3n) is 4.30. The van der Waals surface area contributed by atoms with Crippen molar-refractivity contribution in [2.24, 2.45) is 0 Å². The van der Waals surface area contributed by atoms with E-state index in [1.807, 2.05) is 24.3 Å². The topological polar surface area (TPSA) is 91.7 Å². The van der Waals surface area contributed by atoms with Crippen molar-refractivity contribution >= 4 is 5.91 Å². The molecule has 1 heterocycles. The summed E-state index contributed by atoms with van der Waals surface area (Å²) in [6.45, 7) is 0.426. The van der Waals surface area contributed by atoms with Crippen molar-refractivity contribution in [3.05, 3.63) is 71.0 Å². The number of carbonyl (C=O) groups is 1. The van der Waals surface area contributed by atoms with Crippen LogP contribution in [-0.4, -0.2) is 43.1 Å². The summed E-state index contributed by atoms with van der Waals surface area (Å²) in [5.41, 5.74) is 1.06. The highest BCUT2D eigenvalue weighted by molar-refractivity contribution is 5.75. The quantitative estimate of drug-likeness (QED) is 0.545. The van der Waals surface area contributed by atoms with E-state index in [0.29, 0.717) is 24.6 Å². The van der Waals surface area contributed by atoms with Crippen molar-refractivity contribution in [2.45, 2.75) is 6.54 Å². The fourth-order valence-corrected chi connectivity index (χ4v) is 2.70. The van der Waals surface area contributed by atoms with E-state index in [4.69, 9.17) is 14.2 Å². The Labute approximate surface area is 174 Å². The number of rotatable bonds is 9. The number of benzene rings is 2. The van der Waals surface area contributed by atoms with Gasteiger partial charge in [-0.3, -0.25) is 9.59 Å². The highest BCUT2D eigenvalue weighted by Gasteiger charge is 2.08. The van der Waals surface area contributed by atoms with Crippen LogP contribution >= 0.6 is 0 Å². The molecule has 3 rings (SSSR count). The molecule has 0 saturated heterocycles. The second kappa shape index (κ2) is 10.1. The second-order valence-corrected chi connectivity index (χ2v) is 6.32. The van der Waals surface area contributed by atoms with Crippen LogP contribution in [0.4, 0.5) is 0 Å².